The molecule has 1 aliphatic carbocycles. The van der Waals surface area contributed by atoms with Gasteiger partial charge >= 0.3 is 0 Å². The van der Waals surface area contributed by atoms with Crippen molar-refractivity contribution >= 4 is 17.5 Å². The van der Waals surface area contributed by atoms with Crippen molar-refractivity contribution in [3.05, 3.63) is 29.8 Å². The minimum Gasteiger partial charge on any atom is -0.350 e. The predicted octanol–water partition coefficient (Wildman–Crippen LogP) is 3.65. The first-order valence-electron chi connectivity index (χ1n) is 7.95. The monoisotopic (exact) mass is 302 g/mol. The Morgan fingerprint density at radius 1 is 1.18 bits per heavy atom. The summed E-state index contributed by atoms with van der Waals surface area (Å²) in [5.74, 6) is 0.376. The van der Waals surface area contributed by atoms with Crippen molar-refractivity contribution in [1.82, 2.24) is 5.32 Å². The molecule has 0 saturated heterocycles. The fourth-order valence-corrected chi connectivity index (χ4v) is 2.30. The van der Waals surface area contributed by atoms with E-state index in [2.05, 4.69) is 31.4 Å². The molecule has 4 heteroatoms. The highest BCUT2D eigenvalue weighted by molar-refractivity contribution is 5.94. The third-order valence-corrected chi connectivity index (χ3v) is 3.69. The third-order valence-electron chi connectivity index (χ3n) is 3.69. The molecule has 1 fully saturated rings. The van der Waals surface area contributed by atoms with Gasteiger partial charge in [0, 0.05) is 18.0 Å². The zero-order chi connectivity index (χ0) is 16.3. The Morgan fingerprint density at radius 2 is 1.77 bits per heavy atom. The van der Waals surface area contributed by atoms with E-state index in [-0.39, 0.29) is 29.2 Å². The first-order chi connectivity index (χ1) is 10.2. The van der Waals surface area contributed by atoms with Gasteiger partial charge in [0.15, 0.2) is 0 Å². The maximum absolute atomic E-state index is 12.0. The van der Waals surface area contributed by atoms with Gasteiger partial charge in [-0.1, -0.05) is 32.9 Å². The van der Waals surface area contributed by atoms with Gasteiger partial charge in [-0.3, -0.25) is 9.59 Å². The molecule has 4 nitrogen and oxygen atoms in total. The molecule has 1 aliphatic rings. The van der Waals surface area contributed by atoms with Crippen LogP contribution in [0.2, 0.25) is 0 Å². The lowest BCUT2D eigenvalue weighted by Gasteiger charge is -2.20. The molecule has 1 atom stereocenters. The lowest BCUT2D eigenvalue weighted by Crippen LogP contribution is -2.29. The van der Waals surface area contributed by atoms with Gasteiger partial charge in [0.25, 0.3) is 0 Å². The van der Waals surface area contributed by atoms with Crippen molar-refractivity contribution in [2.45, 2.75) is 53.0 Å². The zero-order valence-electron chi connectivity index (χ0n) is 13.9. The third kappa shape index (κ3) is 5.17. The molecule has 2 N–H and O–H groups in total. The van der Waals surface area contributed by atoms with Gasteiger partial charge in [-0.15, -0.1) is 0 Å². The summed E-state index contributed by atoms with van der Waals surface area (Å²) in [5.41, 5.74) is 1.83. The molecule has 0 heterocycles. The number of carbonyl (C=O) groups excluding carboxylic acids is 2. The van der Waals surface area contributed by atoms with Crippen molar-refractivity contribution in [3.8, 4) is 0 Å². The van der Waals surface area contributed by atoms with Crippen molar-refractivity contribution in [1.29, 1.82) is 0 Å². The molecular weight excluding hydrogens is 276 g/mol. The summed E-state index contributed by atoms with van der Waals surface area (Å²) in [5, 5.41) is 5.93. The molecule has 0 bridgehead atoms. The fraction of sp³-hybridized carbons (Fsp3) is 0.556. The molecule has 120 valence electrons. The van der Waals surface area contributed by atoms with Gasteiger partial charge in [0.05, 0.1) is 6.04 Å². The number of amides is 2. The van der Waals surface area contributed by atoms with Gasteiger partial charge < -0.3 is 10.6 Å². The number of hydrogen-bond donors (Lipinski definition) is 2. The van der Waals surface area contributed by atoms with Gasteiger partial charge in [0.1, 0.15) is 0 Å². The summed E-state index contributed by atoms with van der Waals surface area (Å²) in [6.45, 7) is 8.12. The normalized spacial score (nSPS) is 16.0. The average Bonchev–Trinajstić information content (AvgIpc) is 3.21. The second kappa shape index (κ2) is 6.51. The lowest BCUT2D eigenvalue weighted by molar-refractivity contribution is -0.123. The fourth-order valence-electron chi connectivity index (χ4n) is 2.30. The van der Waals surface area contributed by atoms with Crippen LogP contribution in [-0.4, -0.2) is 11.8 Å². The van der Waals surface area contributed by atoms with Crippen LogP contribution in [0.15, 0.2) is 24.3 Å². The summed E-state index contributed by atoms with van der Waals surface area (Å²) in [7, 11) is 0. The molecule has 1 unspecified atom stereocenters. The average molecular weight is 302 g/mol. The second-order valence-electron chi connectivity index (χ2n) is 7.41. The number of carbonyl (C=O) groups is 2. The standard InChI is InChI=1S/C18H26N2O2/c1-12(19-16(21)11-18(2,3)4)13-7-9-15(10-8-13)20-17(22)14-5-6-14/h7-10,12,14H,5-6,11H2,1-4H3,(H,19,21)(H,20,22). The molecule has 0 spiro atoms. The van der Waals surface area contributed by atoms with Crippen LogP contribution in [0.4, 0.5) is 5.69 Å². The van der Waals surface area contributed by atoms with Crippen molar-refractivity contribution < 1.29 is 9.59 Å². The molecule has 1 aromatic rings. The van der Waals surface area contributed by atoms with Crippen LogP contribution in [0.25, 0.3) is 0 Å². The van der Waals surface area contributed by atoms with E-state index in [1.165, 1.54) is 0 Å². The van der Waals surface area contributed by atoms with E-state index >= 15 is 0 Å². The van der Waals surface area contributed by atoms with Crippen molar-refractivity contribution in [2.24, 2.45) is 11.3 Å². The predicted molar refractivity (Wildman–Crippen MR) is 88.4 cm³/mol. The van der Waals surface area contributed by atoms with Crippen LogP contribution >= 0.6 is 0 Å². The van der Waals surface area contributed by atoms with E-state index in [1.807, 2.05) is 31.2 Å². The van der Waals surface area contributed by atoms with Gasteiger partial charge in [-0.05, 0) is 42.9 Å². The van der Waals surface area contributed by atoms with Gasteiger partial charge in [-0.2, -0.15) is 0 Å². The topological polar surface area (TPSA) is 58.2 Å². The van der Waals surface area contributed by atoms with Crippen LogP contribution < -0.4 is 10.6 Å². The van der Waals surface area contributed by atoms with Crippen molar-refractivity contribution in [3.63, 3.8) is 0 Å². The minimum atomic E-state index is -0.0389. The molecular formula is C18H26N2O2. The Bertz CT molecular complexity index is 539. The van der Waals surface area contributed by atoms with Crippen LogP contribution in [-0.2, 0) is 9.59 Å². The Balaban J connectivity index is 1.88. The van der Waals surface area contributed by atoms with E-state index in [1.54, 1.807) is 0 Å². The highest BCUT2D eigenvalue weighted by Gasteiger charge is 2.29. The highest BCUT2D eigenvalue weighted by atomic mass is 16.2. The largest absolute Gasteiger partial charge is 0.350 e. The molecule has 0 aromatic heterocycles. The summed E-state index contributed by atoms with van der Waals surface area (Å²) >= 11 is 0. The Labute approximate surface area is 132 Å². The molecule has 1 aromatic carbocycles. The molecule has 22 heavy (non-hydrogen) atoms. The van der Waals surface area contributed by atoms with Gasteiger partial charge in [-0.25, -0.2) is 0 Å². The summed E-state index contributed by atoms with van der Waals surface area (Å²) in [4.78, 5) is 23.7. The first-order valence-corrected chi connectivity index (χ1v) is 7.95. The Kier molecular flexibility index (Phi) is 4.89. The van der Waals surface area contributed by atoms with E-state index < -0.39 is 0 Å². The summed E-state index contributed by atoms with van der Waals surface area (Å²) < 4.78 is 0. The quantitative estimate of drug-likeness (QED) is 0.872. The van der Waals surface area contributed by atoms with Crippen molar-refractivity contribution in [2.75, 3.05) is 5.32 Å². The zero-order valence-corrected chi connectivity index (χ0v) is 13.9. The molecule has 1 saturated carbocycles. The molecule has 0 aliphatic heterocycles. The number of hydrogen-bond acceptors (Lipinski definition) is 2. The lowest BCUT2D eigenvalue weighted by atomic mass is 9.91. The van der Waals surface area contributed by atoms with E-state index in [0.717, 1.165) is 24.1 Å². The van der Waals surface area contributed by atoms with E-state index in [0.29, 0.717) is 6.42 Å². The number of benzene rings is 1. The number of anilines is 1. The van der Waals surface area contributed by atoms with Crippen LogP contribution in [0, 0.1) is 11.3 Å². The maximum atomic E-state index is 12.0. The van der Waals surface area contributed by atoms with Crippen LogP contribution in [0.5, 0.6) is 0 Å². The smallest absolute Gasteiger partial charge is 0.227 e. The van der Waals surface area contributed by atoms with E-state index in [4.69, 9.17) is 0 Å². The van der Waals surface area contributed by atoms with Crippen LogP contribution in [0.3, 0.4) is 0 Å². The summed E-state index contributed by atoms with van der Waals surface area (Å²) in [6.07, 6.45) is 2.51. The number of nitrogens with one attached hydrogen (secondary N) is 2. The highest BCUT2D eigenvalue weighted by Crippen LogP contribution is 2.30. The first kappa shape index (κ1) is 16.5. The Hall–Kier alpha value is -1.84. The molecule has 2 amide bonds. The van der Waals surface area contributed by atoms with Crippen LogP contribution in [0.1, 0.15) is 58.6 Å². The SMILES string of the molecule is CC(NC(=O)CC(C)(C)C)c1ccc(NC(=O)C2CC2)cc1. The minimum absolute atomic E-state index is 0.0131. The maximum Gasteiger partial charge on any atom is 0.227 e. The van der Waals surface area contributed by atoms with Gasteiger partial charge in [0.2, 0.25) is 11.8 Å². The molecule has 0 radical (unpaired) electrons. The Morgan fingerprint density at radius 3 is 2.27 bits per heavy atom. The van der Waals surface area contributed by atoms with E-state index in [9.17, 15) is 9.59 Å². The second-order valence-corrected chi connectivity index (χ2v) is 7.41. The number of rotatable bonds is 5. The summed E-state index contributed by atoms with van der Waals surface area (Å²) in [6, 6.07) is 7.64. The molecule has 2 rings (SSSR count).